The van der Waals surface area contributed by atoms with Crippen LogP contribution in [0.4, 0.5) is 0 Å². The molecule has 0 saturated heterocycles. The summed E-state index contributed by atoms with van der Waals surface area (Å²) in [5.41, 5.74) is 7.12. The molecule has 0 radical (unpaired) electrons. The Morgan fingerprint density at radius 2 is 2.00 bits per heavy atom. The Morgan fingerprint density at radius 1 is 1.29 bits per heavy atom. The van der Waals surface area contributed by atoms with E-state index in [9.17, 15) is 0 Å². The lowest BCUT2D eigenvalue weighted by Crippen LogP contribution is -2.22. The molecule has 0 saturated carbocycles. The predicted molar refractivity (Wildman–Crippen MR) is 70.7 cm³/mol. The largest absolute Gasteiger partial charge is 0.493 e. The van der Waals surface area contributed by atoms with E-state index >= 15 is 0 Å². The highest BCUT2D eigenvalue weighted by Crippen LogP contribution is 2.32. The Labute approximate surface area is 104 Å². The summed E-state index contributed by atoms with van der Waals surface area (Å²) in [6.45, 7) is 6.11. The van der Waals surface area contributed by atoms with Gasteiger partial charge in [0.1, 0.15) is 0 Å². The molecule has 0 aromatic heterocycles. The lowest BCUT2D eigenvalue weighted by molar-refractivity contribution is 0.227. The van der Waals surface area contributed by atoms with E-state index in [1.807, 2.05) is 26.0 Å². The van der Waals surface area contributed by atoms with E-state index in [2.05, 4.69) is 13.0 Å². The smallest absolute Gasteiger partial charge is 0.164 e. The van der Waals surface area contributed by atoms with Crippen LogP contribution in [0, 0.1) is 0 Å². The molecule has 2 N–H and O–H groups in total. The van der Waals surface area contributed by atoms with Crippen molar-refractivity contribution in [3.63, 3.8) is 0 Å². The monoisotopic (exact) mass is 237 g/mol. The number of ether oxygens (including phenoxy) is 2. The van der Waals surface area contributed by atoms with Crippen LogP contribution in [0.15, 0.2) is 18.2 Å². The molecule has 0 spiro atoms. The van der Waals surface area contributed by atoms with Gasteiger partial charge < -0.3 is 15.2 Å². The second-order valence-electron chi connectivity index (χ2n) is 4.49. The van der Waals surface area contributed by atoms with Crippen molar-refractivity contribution in [1.29, 1.82) is 0 Å². The molecular weight excluding hydrogens is 214 g/mol. The van der Waals surface area contributed by atoms with Crippen LogP contribution in [0.3, 0.4) is 0 Å². The van der Waals surface area contributed by atoms with Gasteiger partial charge in [0.25, 0.3) is 0 Å². The second-order valence-corrected chi connectivity index (χ2v) is 4.49. The number of hydrogen-bond acceptors (Lipinski definition) is 3. The quantitative estimate of drug-likeness (QED) is 0.827. The van der Waals surface area contributed by atoms with Gasteiger partial charge in [0, 0.05) is 6.04 Å². The van der Waals surface area contributed by atoms with Crippen LogP contribution in [-0.4, -0.2) is 19.3 Å². The van der Waals surface area contributed by atoms with Crippen molar-refractivity contribution in [1.82, 2.24) is 0 Å². The number of rotatable bonds is 6. The zero-order valence-corrected chi connectivity index (χ0v) is 11.2. The third-order valence-corrected chi connectivity index (χ3v) is 2.64. The first-order valence-electron chi connectivity index (χ1n) is 6.16. The summed E-state index contributed by atoms with van der Waals surface area (Å²) in [5, 5.41) is 0. The van der Waals surface area contributed by atoms with Crippen molar-refractivity contribution < 1.29 is 9.47 Å². The minimum Gasteiger partial charge on any atom is -0.493 e. The van der Waals surface area contributed by atoms with Crippen LogP contribution in [0.2, 0.25) is 0 Å². The lowest BCUT2D eigenvalue weighted by Gasteiger charge is -2.19. The topological polar surface area (TPSA) is 44.5 Å². The van der Waals surface area contributed by atoms with Gasteiger partial charge >= 0.3 is 0 Å². The van der Waals surface area contributed by atoms with Crippen LogP contribution in [0.5, 0.6) is 11.5 Å². The van der Waals surface area contributed by atoms with Gasteiger partial charge in [-0.15, -0.1) is 0 Å². The van der Waals surface area contributed by atoms with Gasteiger partial charge in [-0.3, -0.25) is 0 Å². The summed E-state index contributed by atoms with van der Waals surface area (Å²) < 4.78 is 11.2. The highest BCUT2D eigenvalue weighted by atomic mass is 16.5. The predicted octanol–water partition coefficient (Wildman–Crippen LogP) is 2.76. The number of para-hydroxylation sites is 1. The SMILES string of the molecule is CCC(N)Cc1cccc(OC)c1OC(C)C. The molecule has 0 aliphatic rings. The average Bonchev–Trinajstić information content (AvgIpc) is 2.30. The fourth-order valence-electron chi connectivity index (χ4n) is 1.68. The molecule has 96 valence electrons. The van der Waals surface area contributed by atoms with Crippen LogP contribution in [-0.2, 0) is 6.42 Å². The molecular formula is C14H23NO2. The number of methoxy groups -OCH3 is 1. The summed E-state index contributed by atoms with van der Waals surface area (Å²) in [7, 11) is 1.66. The molecule has 0 aliphatic carbocycles. The molecule has 0 amide bonds. The van der Waals surface area contributed by atoms with E-state index in [0.29, 0.717) is 0 Å². The third-order valence-electron chi connectivity index (χ3n) is 2.64. The van der Waals surface area contributed by atoms with Gasteiger partial charge in [0.2, 0.25) is 0 Å². The maximum absolute atomic E-state index is 6.00. The summed E-state index contributed by atoms with van der Waals surface area (Å²) >= 11 is 0. The Morgan fingerprint density at radius 3 is 2.53 bits per heavy atom. The Bertz CT molecular complexity index is 350. The lowest BCUT2D eigenvalue weighted by atomic mass is 10.0. The third kappa shape index (κ3) is 3.93. The highest BCUT2D eigenvalue weighted by Gasteiger charge is 2.13. The normalized spacial score (nSPS) is 12.6. The minimum absolute atomic E-state index is 0.128. The first-order valence-corrected chi connectivity index (χ1v) is 6.16. The number of hydrogen-bond donors (Lipinski definition) is 1. The number of benzene rings is 1. The molecule has 0 heterocycles. The fraction of sp³-hybridized carbons (Fsp3) is 0.571. The van der Waals surface area contributed by atoms with Crippen LogP contribution in [0.25, 0.3) is 0 Å². The standard InChI is InChI=1S/C14H23NO2/c1-5-12(15)9-11-7-6-8-13(16-4)14(11)17-10(2)3/h6-8,10,12H,5,9,15H2,1-4H3. The van der Waals surface area contributed by atoms with Crippen LogP contribution in [0.1, 0.15) is 32.8 Å². The molecule has 3 nitrogen and oxygen atoms in total. The molecule has 0 bridgehead atoms. The van der Waals surface area contributed by atoms with Crippen molar-refractivity contribution in [2.75, 3.05) is 7.11 Å². The molecule has 1 rings (SSSR count). The molecule has 17 heavy (non-hydrogen) atoms. The average molecular weight is 237 g/mol. The number of nitrogens with two attached hydrogens (primary N) is 1. The maximum atomic E-state index is 6.00. The summed E-state index contributed by atoms with van der Waals surface area (Å²) in [4.78, 5) is 0. The van der Waals surface area contributed by atoms with Crippen LogP contribution >= 0.6 is 0 Å². The molecule has 3 heteroatoms. The molecule has 1 aromatic rings. The minimum atomic E-state index is 0.128. The van der Waals surface area contributed by atoms with E-state index in [1.165, 1.54) is 0 Å². The molecule has 0 aliphatic heterocycles. The Balaban J connectivity index is 3.01. The first-order chi connectivity index (χ1) is 8.08. The summed E-state index contributed by atoms with van der Waals surface area (Å²) in [6, 6.07) is 6.11. The second kappa shape index (κ2) is 6.50. The van der Waals surface area contributed by atoms with Gasteiger partial charge in [-0.25, -0.2) is 0 Å². The Hall–Kier alpha value is -1.22. The molecule has 1 unspecified atom stereocenters. The first kappa shape index (κ1) is 13.8. The van der Waals surface area contributed by atoms with Gasteiger partial charge in [0.05, 0.1) is 13.2 Å². The summed E-state index contributed by atoms with van der Waals surface area (Å²) in [6.07, 6.45) is 1.90. The van der Waals surface area contributed by atoms with Crippen molar-refractivity contribution in [3.8, 4) is 11.5 Å². The molecule has 1 atom stereocenters. The van der Waals surface area contributed by atoms with Crippen molar-refractivity contribution in [3.05, 3.63) is 23.8 Å². The van der Waals surface area contributed by atoms with Crippen molar-refractivity contribution >= 4 is 0 Å². The van der Waals surface area contributed by atoms with E-state index < -0.39 is 0 Å². The Kier molecular flexibility index (Phi) is 5.29. The van der Waals surface area contributed by atoms with E-state index in [-0.39, 0.29) is 12.1 Å². The van der Waals surface area contributed by atoms with Gasteiger partial charge in [-0.05, 0) is 38.3 Å². The van der Waals surface area contributed by atoms with Gasteiger partial charge in [-0.1, -0.05) is 19.1 Å². The summed E-state index contributed by atoms with van der Waals surface area (Å²) in [5.74, 6) is 1.61. The zero-order valence-electron chi connectivity index (χ0n) is 11.2. The zero-order chi connectivity index (χ0) is 12.8. The molecule has 1 aromatic carbocycles. The fourth-order valence-corrected chi connectivity index (χ4v) is 1.68. The van der Waals surface area contributed by atoms with Gasteiger partial charge in [0.15, 0.2) is 11.5 Å². The van der Waals surface area contributed by atoms with Crippen molar-refractivity contribution in [2.45, 2.75) is 45.8 Å². The molecule has 0 fully saturated rings. The highest BCUT2D eigenvalue weighted by molar-refractivity contribution is 5.47. The van der Waals surface area contributed by atoms with Crippen molar-refractivity contribution in [2.24, 2.45) is 5.73 Å². The van der Waals surface area contributed by atoms with E-state index in [4.69, 9.17) is 15.2 Å². The van der Waals surface area contributed by atoms with E-state index in [1.54, 1.807) is 7.11 Å². The maximum Gasteiger partial charge on any atom is 0.164 e. The van der Waals surface area contributed by atoms with Crippen LogP contribution < -0.4 is 15.2 Å². The van der Waals surface area contributed by atoms with Gasteiger partial charge in [-0.2, -0.15) is 0 Å². The van der Waals surface area contributed by atoms with E-state index in [0.717, 1.165) is 29.9 Å².